The van der Waals surface area contributed by atoms with Crippen molar-refractivity contribution in [3.05, 3.63) is 51.0 Å². The highest BCUT2D eigenvalue weighted by atomic mass is 32.1. The molecule has 0 saturated carbocycles. The Morgan fingerprint density at radius 2 is 1.74 bits per heavy atom. The van der Waals surface area contributed by atoms with E-state index in [0.29, 0.717) is 0 Å². The van der Waals surface area contributed by atoms with E-state index in [1.54, 1.807) is 11.3 Å². The van der Waals surface area contributed by atoms with Crippen LogP contribution in [0.4, 0.5) is 0 Å². The number of thiazole rings is 1. The zero-order chi connectivity index (χ0) is 16.4. The average Bonchev–Trinajstić information content (AvgIpc) is 2.91. The molecule has 0 bridgehead atoms. The molecule has 2 heterocycles. The van der Waals surface area contributed by atoms with Crippen LogP contribution in [0.2, 0.25) is 0 Å². The summed E-state index contributed by atoms with van der Waals surface area (Å²) in [5.41, 5.74) is 4.19. The van der Waals surface area contributed by atoms with Gasteiger partial charge < -0.3 is 4.90 Å². The summed E-state index contributed by atoms with van der Waals surface area (Å²) in [6, 6.07) is 6.07. The smallest absolute Gasteiger partial charge is 0.253 e. The molecule has 1 aromatic heterocycles. The molecule has 5 heteroatoms. The van der Waals surface area contributed by atoms with Gasteiger partial charge in [0.25, 0.3) is 5.91 Å². The van der Waals surface area contributed by atoms with E-state index in [2.05, 4.69) is 21.3 Å². The Hall–Kier alpha value is -1.72. The SMILES string of the molecule is Cc1cc(C)cc(C(=O)N2CCN(Cc3nc(C)cs3)CC2)c1. The molecule has 0 radical (unpaired) electrons. The number of aromatic nitrogens is 1. The van der Waals surface area contributed by atoms with Gasteiger partial charge in [-0.2, -0.15) is 0 Å². The van der Waals surface area contributed by atoms with Gasteiger partial charge in [-0.25, -0.2) is 4.98 Å². The van der Waals surface area contributed by atoms with E-state index in [1.165, 1.54) is 0 Å². The molecule has 1 aromatic carbocycles. The molecule has 0 atom stereocenters. The molecule has 23 heavy (non-hydrogen) atoms. The predicted molar refractivity (Wildman–Crippen MR) is 93.9 cm³/mol. The van der Waals surface area contributed by atoms with Crippen molar-refractivity contribution in [2.75, 3.05) is 26.2 Å². The second kappa shape index (κ2) is 6.81. The van der Waals surface area contributed by atoms with E-state index < -0.39 is 0 Å². The van der Waals surface area contributed by atoms with Crippen LogP contribution in [0.5, 0.6) is 0 Å². The van der Waals surface area contributed by atoms with Crippen LogP contribution in [0.3, 0.4) is 0 Å². The summed E-state index contributed by atoms with van der Waals surface area (Å²) in [5, 5.41) is 3.26. The Morgan fingerprint density at radius 1 is 1.09 bits per heavy atom. The van der Waals surface area contributed by atoms with Crippen molar-refractivity contribution in [3.8, 4) is 0 Å². The van der Waals surface area contributed by atoms with E-state index in [9.17, 15) is 4.79 Å². The highest BCUT2D eigenvalue weighted by Crippen LogP contribution is 2.16. The maximum absolute atomic E-state index is 12.7. The van der Waals surface area contributed by atoms with Crippen LogP contribution >= 0.6 is 11.3 Å². The minimum absolute atomic E-state index is 0.154. The largest absolute Gasteiger partial charge is 0.336 e. The standard InChI is InChI=1S/C18H23N3OS/c1-13-8-14(2)10-16(9-13)18(22)21-6-4-20(5-7-21)11-17-19-15(3)12-23-17/h8-10,12H,4-7,11H2,1-3H3. The van der Waals surface area contributed by atoms with Crippen LogP contribution in [0, 0.1) is 20.8 Å². The fourth-order valence-electron chi connectivity index (χ4n) is 3.06. The lowest BCUT2D eigenvalue weighted by Gasteiger charge is -2.34. The third-order valence-electron chi connectivity index (χ3n) is 4.15. The second-order valence-corrected chi connectivity index (χ2v) is 7.27. The number of hydrogen-bond acceptors (Lipinski definition) is 4. The number of rotatable bonds is 3. The lowest BCUT2D eigenvalue weighted by Crippen LogP contribution is -2.48. The third kappa shape index (κ3) is 3.98. The van der Waals surface area contributed by atoms with Gasteiger partial charge in [0.15, 0.2) is 0 Å². The first-order chi connectivity index (χ1) is 11.0. The Morgan fingerprint density at radius 3 is 2.30 bits per heavy atom. The van der Waals surface area contributed by atoms with E-state index in [0.717, 1.165) is 60.1 Å². The van der Waals surface area contributed by atoms with Crippen LogP contribution in [-0.2, 0) is 6.54 Å². The van der Waals surface area contributed by atoms with Crippen molar-refractivity contribution in [1.82, 2.24) is 14.8 Å². The molecule has 1 amide bonds. The monoisotopic (exact) mass is 329 g/mol. The fraction of sp³-hybridized carbons (Fsp3) is 0.444. The van der Waals surface area contributed by atoms with E-state index in [-0.39, 0.29) is 5.91 Å². The zero-order valence-electron chi connectivity index (χ0n) is 14.0. The maximum atomic E-state index is 12.7. The molecule has 0 unspecified atom stereocenters. The molecule has 1 fully saturated rings. The van der Waals surface area contributed by atoms with Crippen molar-refractivity contribution < 1.29 is 4.79 Å². The molecule has 0 N–H and O–H groups in total. The van der Waals surface area contributed by atoms with Crippen molar-refractivity contribution in [2.24, 2.45) is 0 Å². The zero-order valence-corrected chi connectivity index (χ0v) is 14.8. The van der Waals surface area contributed by atoms with Crippen LogP contribution < -0.4 is 0 Å². The molecule has 0 spiro atoms. The summed E-state index contributed by atoms with van der Waals surface area (Å²) in [4.78, 5) is 21.5. The van der Waals surface area contributed by atoms with Crippen LogP contribution in [-0.4, -0.2) is 46.9 Å². The Labute approximate surface area is 141 Å². The van der Waals surface area contributed by atoms with Gasteiger partial charge in [-0.1, -0.05) is 17.2 Å². The first-order valence-corrected chi connectivity index (χ1v) is 8.90. The highest BCUT2D eigenvalue weighted by Gasteiger charge is 2.22. The number of amides is 1. The summed E-state index contributed by atoms with van der Waals surface area (Å²) < 4.78 is 0. The van der Waals surface area contributed by atoms with E-state index >= 15 is 0 Å². The van der Waals surface area contributed by atoms with Gasteiger partial charge in [0, 0.05) is 42.8 Å². The lowest BCUT2D eigenvalue weighted by molar-refractivity contribution is 0.0628. The maximum Gasteiger partial charge on any atom is 0.253 e. The topological polar surface area (TPSA) is 36.4 Å². The first-order valence-electron chi connectivity index (χ1n) is 8.02. The number of piperazine rings is 1. The number of nitrogens with zero attached hydrogens (tertiary/aromatic N) is 3. The van der Waals surface area contributed by atoms with Gasteiger partial charge in [-0.15, -0.1) is 11.3 Å². The van der Waals surface area contributed by atoms with Crippen LogP contribution in [0.15, 0.2) is 23.6 Å². The number of hydrogen-bond donors (Lipinski definition) is 0. The molecule has 3 rings (SSSR count). The minimum atomic E-state index is 0.154. The number of carbonyl (C=O) groups excluding carboxylic acids is 1. The van der Waals surface area contributed by atoms with E-state index in [1.807, 2.05) is 37.8 Å². The molecule has 1 saturated heterocycles. The summed E-state index contributed by atoms with van der Waals surface area (Å²) in [5.74, 6) is 0.154. The average molecular weight is 329 g/mol. The molecule has 0 aliphatic carbocycles. The molecular formula is C18H23N3OS. The summed E-state index contributed by atoms with van der Waals surface area (Å²) >= 11 is 1.72. The molecule has 122 valence electrons. The Bertz CT molecular complexity index is 682. The lowest BCUT2D eigenvalue weighted by atomic mass is 10.1. The van der Waals surface area contributed by atoms with Gasteiger partial charge in [0.2, 0.25) is 0 Å². The number of carbonyl (C=O) groups is 1. The third-order valence-corrected chi connectivity index (χ3v) is 5.11. The first kappa shape index (κ1) is 16.1. The molecule has 1 aliphatic rings. The van der Waals surface area contributed by atoms with Crippen LogP contribution in [0.25, 0.3) is 0 Å². The highest BCUT2D eigenvalue weighted by molar-refractivity contribution is 7.09. The summed E-state index contributed by atoms with van der Waals surface area (Å²) in [7, 11) is 0. The normalized spacial score (nSPS) is 15.9. The van der Waals surface area contributed by atoms with Crippen molar-refractivity contribution in [2.45, 2.75) is 27.3 Å². The molecule has 4 nitrogen and oxygen atoms in total. The minimum Gasteiger partial charge on any atom is -0.336 e. The van der Waals surface area contributed by atoms with Gasteiger partial charge in [0.05, 0.1) is 6.54 Å². The van der Waals surface area contributed by atoms with Gasteiger partial charge in [-0.3, -0.25) is 9.69 Å². The number of benzene rings is 1. The van der Waals surface area contributed by atoms with E-state index in [4.69, 9.17) is 0 Å². The van der Waals surface area contributed by atoms with Crippen molar-refractivity contribution >= 4 is 17.2 Å². The van der Waals surface area contributed by atoms with Crippen LogP contribution in [0.1, 0.15) is 32.2 Å². The van der Waals surface area contributed by atoms with Gasteiger partial charge in [0.1, 0.15) is 5.01 Å². The Kier molecular flexibility index (Phi) is 4.78. The van der Waals surface area contributed by atoms with Gasteiger partial charge >= 0.3 is 0 Å². The quantitative estimate of drug-likeness (QED) is 0.868. The van der Waals surface area contributed by atoms with Crippen molar-refractivity contribution in [3.63, 3.8) is 0 Å². The molecule has 1 aliphatic heterocycles. The van der Waals surface area contributed by atoms with Gasteiger partial charge in [-0.05, 0) is 32.9 Å². The summed E-state index contributed by atoms with van der Waals surface area (Å²) in [6.07, 6.45) is 0. The summed E-state index contributed by atoms with van der Waals surface area (Å²) in [6.45, 7) is 10.4. The fourth-order valence-corrected chi connectivity index (χ4v) is 3.87. The molecule has 2 aromatic rings. The Balaban J connectivity index is 1.58. The molecular weight excluding hydrogens is 306 g/mol. The number of aryl methyl sites for hydroxylation is 3. The second-order valence-electron chi connectivity index (χ2n) is 6.33. The van der Waals surface area contributed by atoms with Crippen molar-refractivity contribution in [1.29, 1.82) is 0 Å². The predicted octanol–water partition coefficient (Wildman–Crippen LogP) is 3.03.